The molecule has 6 nitrogen and oxygen atoms in total. The molecule has 0 aliphatic rings. The van der Waals surface area contributed by atoms with E-state index >= 15 is 0 Å². The highest BCUT2D eigenvalue weighted by Gasteiger charge is 2.14. The minimum atomic E-state index is 0.408. The highest BCUT2D eigenvalue weighted by atomic mass is 16.5. The summed E-state index contributed by atoms with van der Waals surface area (Å²) in [5, 5.41) is 9.55. The van der Waals surface area contributed by atoms with E-state index in [-0.39, 0.29) is 0 Å². The van der Waals surface area contributed by atoms with Gasteiger partial charge in [0.15, 0.2) is 11.5 Å². The fourth-order valence-corrected chi connectivity index (χ4v) is 2.59. The lowest BCUT2D eigenvalue weighted by Crippen LogP contribution is -1.96. The number of ether oxygens (including phenoxy) is 3. The number of nitriles is 1. The van der Waals surface area contributed by atoms with Gasteiger partial charge in [0.25, 0.3) is 0 Å². The summed E-state index contributed by atoms with van der Waals surface area (Å²) in [4.78, 5) is 7.62. The first-order chi connectivity index (χ1) is 12.2. The molecule has 0 unspecified atom stereocenters. The third kappa shape index (κ3) is 3.12. The van der Waals surface area contributed by atoms with Gasteiger partial charge in [-0.25, -0.2) is 4.98 Å². The second-order valence-electron chi connectivity index (χ2n) is 5.23. The molecule has 3 rings (SSSR count). The maximum atomic E-state index is 9.55. The maximum absolute atomic E-state index is 9.55. The van der Waals surface area contributed by atoms with Gasteiger partial charge in [0.1, 0.15) is 11.9 Å². The molecule has 0 amide bonds. The fraction of sp³-hybridized carbons (Fsp3) is 0.158. The Hall–Kier alpha value is -3.46. The van der Waals surface area contributed by atoms with Crippen molar-refractivity contribution in [3.05, 3.63) is 47.8 Å². The summed E-state index contributed by atoms with van der Waals surface area (Å²) in [6.07, 6.45) is 1.72. The van der Waals surface area contributed by atoms with Gasteiger partial charge in [-0.3, -0.25) is 0 Å². The molecular formula is C19H17N3O3. The van der Waals surface area contributed by atoms with E-state index in [1.165, 1.54) is 0 Å². The number of aromatic nitrogens is 2. The predicted molar refractivity (Wildman–Crippen MR) is 95.7 cm³/mol. The summed E-state index contributed by atoms with van der Waals surface area (Å²) in [6, 6.07) is 13.4. The monoisotopic (exact) mass is 335 g/mol. The first-order valence-corrected chi connectivity index (χ1v) is 7.57. The van der Waals surface area contributed by atoms with E-state index in [4.69, 9.17) is 14.2 Å². The number of allylic oxidation sites excluding steroid dienone is 1. The molecular weight excluding hydrogens is 318 g/mol. The summed E-state index contributed by atoms with van der Waals surface area (Å²) >= 11 is 0. The van der Waals surface area contributed by atoms with Crippen LogP contribution < -0.4 is 14.2 Å². The SMILES string of the molecule is COc1cc(/C=C(/C#N)c2nc3ccccc3[nH]2)cc(OC)c1OC. The van der Waals surface area contributed by atoms with Crippen LogP contribution >= 0.6 is 0 Å². The van der Waals surface area contributed by atoms with Gasteiger partial charge in [-0.1, -0.05) is 12.1 Å². The number of hydrogen-bond donors (Lipinski definition) is 1. The molecule has 126 valence electrons. The number of nitrogens with zero attached hydrogens (tertiary/aromatic N) is 2. The lowest BCUT2D eigenvalue weighted by atomic mass is 10.1. The van der Waals surface area contributed by atoms with Crippen molar-refractivity contribution in [2.75, 3.05) is 21.3 Å². The van der Waals surface area contributed by atoms with Crippen LogP contribution in [-0.2, 0) is 0 Å². The summed E-state index contributed by atoms with van der Waals surface area (Å²) in [5.41, 5.74) is 2.84. The molecule has 1 N–H and O–H groups in total. The lowest BCUT2D eigenvalue weighted by molar-refractivity contribution is 0.324. The Bertz CT molecular complexity index is 925. The number of rotatable bonds is 5. The van der Waals surface area contributed by atoms with E-state index in [1.54, 1.807) is 39.5 Å². The summed E-state index contributed by atoms with van der Waals surface area (Å²) in [5.74, 6) is 2.06. The van der Waals surface area contributed by atoms with Crippen LogP contribution in [0.1, 0.15) is 11.4 Å². The molecule has 25 heavy (non-hydrogen) atoms. The molecule has 1 heterocycles. The van der Waals surface area contributed by atoms with Crippen molar-refractivity contribution in [2.24, 2.45) is 0 Å². The van der Waals surface area contributed by atoms with E-state index in [0.717, 1.165) is 16.6 Å². The van der Waals surface area contributed by atoms with E-state index in [2.05, 4.69) is 16.0 Å². The van der Waals surface area contributed by atoms with Crippen LogP contribution in [0.2, 0.25) is 0 Å². The normalized spacial score (nSPS) is 11.2. The number of aromatic amines is 1. The highest BCUT2D eigenvalue weighted by Crippen LogP contribution is 2.39. The van der Waals surface area contributed by atoms with E-state index in [9.17, 15) is 5.26 Å². The number of methoxy groups -OCH3 is 3. The van der Waals surface area contributed by atoms with Crippen LogP contribution in [0, 0.1) is 11.3 Å². The predicted octanol–water partition coefficient (Wildman–Crippen LogP) is 3.65. The van der Waals surface area contributed by atoms with E-state index < -0.39 is 0 Å². The van der Waals surface area contributed by atoms with Crippen LogP contribution in [-0.4, -0.2) is 31.3 Å². The van der Waals surface area contributed by atoms with Gasteiger partial charge in [0.05, 0.1) is 37.9 Å². The van der Waals surface area contributed by atoms with Gasteiger partial charge in [-0.05, 0) is 35.9 Å². The van der Waals surface area contributed by atoms with Gasteiger partial charge in [0.2, 0.25) is 5.75 Å². The van der Waals surface area contributed by atoms with Crippen molar-refractivity contribution in [3.63, 3.8) is 0 Å². The molecule has 2 aromatic carbocycles. The average molecular weight is 335 g/mol. The van der Waals surface area contributed by atoms with Gasteiger partial charge < -0.3 is 19.2 Å². The zero-order chi connectivity index (χ0) is 17.8. The summed E-state index contributed by atoms with van der Waals surface area (Å²) < 4.78 is 16.0. The molecule has 0 saturated carbocycles. The maximum Gasteiger partial charge on any atom is 0.203 e. The number of fused-ring (bicyclic) bond motifs is 1. The first kappa shape index (κ1) is 16.4. The van der Waals surface area contributed by atoms with Crippen molar-refractivity contribution in [2.45, 2.75) is 0 Å². The molecule has 0 saturated heterocycles. The Morgan fingerprint density at radius 2 is 1.76 bits per heavy atom. The number of imidazole rings is 1. The molecule has 0 spiro atoms. The molecule has 1 aromatic heterocycles. The average Bonchev–Trinajstić information content (AvgIpc) is 3.08. The van der Waals surface area contributed by atoms with Crippen LogP contribution in [0.4, 0.5) is 0 Å². The van der Waals surface area contributed by atoms with Crippen molar-refractivity contribution < 1.29 is 14.2 Å². The number of para-hydroxylation sites is 2. The quantitative estimate of drug-likeness (QED) is 0.720. The van der Waals surface area contributed by atoms with Gasteiger partial charge in [0, 0.05) is 0 Å². The van der Waals surface area contributed by atoms with Gasteiger partial charge in [-0.15, -0.1) is 0 Å². The van der Waals surface area contributed by atoms with E-state index in [0.29, 0.717) is 28.6 Å². The standard InChI is InChI=1S/C19H17N3O3/c1-23-16-9-12(10-17(24-2)18(16)25-3)8-13(11-20)19-21-14-6-4-5-7-15(14)22-19/h4-10H,1-3H3,(H,21,22)/b13-8-. The number of H-pyrrole nitrogens is 1. The highest BCUT2D eigenvalue weighted by molar-refractivity contribution is 5.90. The zero-order valence-electron chi connectivity index (χ0n) is 14.2. The minimum absolute atomic E-state index is 0.408. The first-order valence-electron chi connectivity index (χ1n) is 7.57. The van der Waals surface area contributed by atoms with Crippen LogP contribution in [0.5, 0.6) is 17.2 Å². The lowest BCUT2D eigenvalue weighted by Gasteiger charge is -2.13. The van der Waals surface area contributed by atoms with Crippen LogP contribution in [0.25, 0.3) is 22.7 Å². The Balaban J connectivity index is 2.09. The molecule has 6 heteroatoms. The molecule has 0 radical (unpaired) electrons. The summed E-state index contributed by atoms with van der Waals surface area (Å²) in [6.45, 7) is 0. The topological polar surface area (TPSA) is 80.2 Å². The molecule has 0 aliphatic heterocycles. The second kappa shape index (κ2) is 6.97. The fourth-order valence-electron chi connectivity index (χ4n) is 2.59. The Morgan fingerprint density at radius 3 is 2.32 bits per heavy atom. The Morgan fingerprint density at radius 1 is 1.08 bits per heavy atom. The van der Waals surface area contributed by atoms with Gasteiger partial charge in [-0.2, -0.15) is 5.26 Å². The van der Waals surface area contributed by atoms with Crippen LogP contribution in [0.15, 0.2) is 36.4 Å². The zero-order valence-corrected chi connectivity index (χ0v) is 14.2. The van der Waals surface area contributed by atoms with Crippen molar-refractivity contribution in [1.82, 2.24) is 9.97 Å². The third-order valence-corrected chi connectivity index (χ3v) is 3.76. The van der Waals surface area contributed by atoms with Crippen LogP contribution in [0.3, 0.4) is 0 Å². The van der Waals surface area contributed by atoms with Crippen molar-refractivity contribution in [1.29, 1.82) is 5.26 Å². The van der Waals surface area contributed by atoms with Crippen molar-refractivity contribution in [3.8, 4) is 23.3 Å². The Labute approximate surface area is 145 Å². The van der Waals surface area contributed by atoms with E-state index in [1.807, 2.05) is 24.3 Å². The second-order valence-corrected chi connectivity index (χ2v) is 5.23. The van der Waals surface area contributed by atoms with Gasteiger partial charge >= 0.3 is 0 Å². The largest absolute Gasteiger partial charge is 0.493 e. The summed E-state index contributed by atoms with van der Waals surface area (Å²) in [7, 11) is 4.65. The molecule has 3 aromatic rings. The molecule has 0 bridgehead atoms. The minimum Gasteiger partial charge on any atom is -0.493 e. The molecule has 0 fully saturated rings. The molecule has 0 atom stereocenters. The third-order valence-electron chi connectivity index (χ3n) is 3.76. The Kier molecular flexibility index (Phi) is 4.57. The molecule has 0 aliphatic carbocycles. The number of benzene rings is 2. The number of nitrogens with one attached hydrogen (secondary N) is 1. The van der Waals surface area contributed by atoms with Crippen molar-refractivity contribution >= 4 is 22.7 Å². The number of hydrogen-bond acceptors (Lipinski definition) is 5. The smallest absolute Gasteiger partial charge is 0.203 e.